The first-order valence-electron chi connectivity index (χ1n) is 9.67. The van der Waals surface area contributed by atoms with Crippen molar-refractivity contribution in [3.05, 3.63) is 16.0 Å². The van der Waals surface area contributed by atoms with E-state index < -0.39 is 5.97 Å². The van der Waals surface area contributed by atoms with Gasteiger partial charge in [0, 0.05) is 18.0 Å². The molecule has 0 atom stereocenters. The molecular weight excluding hydrogens is 380 g/mol. The molecule has 0 bridgehead atoms. The molecule has 28 heavy (non-hydrogen) atoms. The summed E-state index contributed by atoms with van der Waals surface area (Å²) in [5.74, 6) is -0.549. The number of amides is 1. The van der Waals surface area contributed by atoms with Crippen LogP contribution in [0.25, 0.3) is 0 Å². The van der Waals surface area contributed by atoms with Gasteiger partial charge in [-0.2, -0.15) is 0 Å². The van der Waals surface area contributed by atoms with E-state index >= 15 is 0 Å². The van der Waals surface area contributed by atoms with Crippen molar-refractivity contribution >= 4 is 34.2 Å². The van der Waals surface area contributed by atoms with Crippen molar-refractivity contribution in [2.24, 2.45) is 5.92 Å². The number of carbonyl (C=O) groups is 3. The second kappa shape index (κ2) is 10.6. The van der Waals surface area contributed by atoms with E-state index in [1.807, 2.05) is 4.90 Å². The number of thiophene rings is 1. The van der Waals surface area contributed by atoms with E-state index in [4.69, 9.17) is 9.47 Å². The molecule has 0 aromatic carbocycles. The summed E-state index contributed by atoms with van der Waals surface area (Å²) >= 11 is 1.47. The average molecular weight is 411 g/mol. The second-order valence-corrected chi connectivity index (χ2v) is 8.52. The molecule has 156 valence electrons. The van der Waals surface area contributed by atoms with Gasteiger partial charge in [-0.25, -0.2) is 4.79 Å². The van der Waals surface area contributed by atoms with Gasteiger partial charge in [-0.1, -0.05) is 13.8 Å². The molecule has 0 unspecified atom stereocenters. The van der Waals surface area contributed by atoms with Crippen LogP contribution >= 0.6 is 11.3 Å². The van der Waals surface area contributed by atoms with Crippen LogP contribution in [-0.4, -0.2) is 56.6 Å². The van der Waals surface area contributed by atoms with Crippen LogP contribution < -0.4 is 5.32 Å². The summed E-state index contributed by atoms with van der Waals surface area (Å²) in [4.78, 5) is 39.5. The number of hydrogen-bond acceptors (Lipinski definition) is 7. The van der Waals surface area contributed by atoms with Crippen LogP contribution in [-0.2, 0) is 31.9 Å². The maximum absolute atomic E-state index is 12.7. The van der Waals surface area contributed by atoms with Crippen molar-refractivity contribution in [1.29, 1.82) is 0 Å². The zero-order chi connectivity index (χ0) is 20.7. The average Bonchev–Trinajstić information content (AvgIpc) is 3.02. The molecule has 0 saturated heterocycles. The summed E-state index contributed by atoms with van der Waals surface area (Å²) in [5, 5.41) is 3.48. The van der Waals surface area contributed by atoms with Crippen LogP contribution in [0.15, 0.2) is 0 Å². The van der Waals surface area contributed by atoms with Gasteiger partial charge in [0.25, 0.3) is 0 Å². The van der Waals surface area contributed by atoms with Crippen molar-refractivity contribution in [3.8, 4) is 0 Å². The first kappa shape index (κ1) is 22.4. The van der Waals surface area contributed by atoms with Gasteiger partial charge in [-0.3, -0.25) is 14.5 Å². The van der Waals surface area contributed by atoms with E-state index in [1.165, 1.54) is 25.6 Å². The van der Waals surface area contributed by atoms with E-state index in [0.717, 1.165) is 36.1 Å². The standard InChI is InChI=1S/C20H30N2O5S/c1-13(2)11-22(10-9-17(24)26-3)12-16(23)21-19-18(20(25)27-4)14-7-5-6-8-15(14)28-19/h13H,5-12H2,1-4H3,(H,21,23). The van der Waals surface area contributed by atoms with E-state index in [1.54, 1.807) is 0 Å². The van der Waals surface area contributed by atoms with Gasteiger partial charge in [0.05, 0.1) is 32.7 Å². The lowest BCUT2D eigenvalue weighted by Crippen LogP contribution is -2.37. The van der Waals surface area contributed by atoms with Gasteiger partial charge in [-0.05, 0) is 37.2 Å². The minimum atomic E-state index is -0.403. The fraction of sp³-hybridized carbons (Fsp3) is 0.650. The Morgan fingerprint density at radius 1 is 1.14 bits per heavy atom. The van der Waals surface area contributed by atoms with Crippen molar-refractivity contribution in [2.45, 2.75) is 46.0 Å². The largest absolute Gasteiger partial charge is 0.469 e. The van der Waals surface area contributed by atoms with E-state index in [0.29, 0.717) is 29.6 Å². The molecule has 0 fully saturated rings. The van der Waals surface area contributed by atoms with Gasteiger partial charge in [0.15, 0.2) is 0 Å². The Morgan fingerprint density at radius 3 is 2.50 bits per heavy atom. The number of esters is 2. The third kappa shape index (κ3) is 6.04. The summed E-state index contributed by atoms with van der Waals surface area (Å²) in [6.07, 6.45) is 4.13. The number of nitrogens with zero attached hydrogens (tertiary/aromatic N) is 1. The fourth-order valence-electron chi connectivity index (χ4n) is 3.44. The molecule has 1 aromatic heterocycles. The minimum absolute atomic E-state index is 0.151. The van der Waals surface area contributed by atoms with Gasteiger partial charge in [0.1, 0.15) is 5.00 Å². The first-order valence-corrected chi connectivity index (χ1v) is 10.5. The van der Waals surface area contributed by atoms with Crippen LogP contribution in [0, 0.1) is 5.92 Å². The molecule has 1 aliphatic carbocycles. The number of nitrogens with one attached hydrogen (secondary N) is 1. The molecule has 1 N–H and O–H groups in total. The highest BCUT2D eigenvalue weighted by atomic mass is 32.1. The monoisotopic (exact) mass is 410 g/mol. The minimum Gasteiger partial charge on any atom is -0.469 e. The maximum atomic E-state index is 12.7. The first-order chi connectivity index (χ1) is 13.3. The Balaban J connectivity index is 2.10. The normalized spacial score (nSPS) is 13.4. The SMILES string of the molecule is COC(=O)CCN(CC(=O)Nc1sc2c(c1C(=O)OC)CCCC2)CC(C)C. The number of aryl methyl sites for hydroxylation is 1. The van der Waals surface area contributed by atoms with Gasteiger partial charge < -0.3 is 14.8 Å². The van der Waals surface area contributed by atoms with Crippen molar-refractivity contribution in [1.82, 2.24) is 4.90 Å². The quantitative estimate of drug-likeness (QED) is 0.630. The molecule has 1 heterocycles. The zero-order valence-corrected chi connectivity index (χ0v) is 17.9. The Bertz CT molecular complexity index is 714. The smallest absolute Gasteiger partial charge is 0.341 e. The maximum Gasteiger partial charge on any atom is 0.341 e. The highest BCUT2D eigenvalue weighted by Gasteiger charge is 2.27. The molecule has 0 saturated carbocycles. The second-order valence-electron chi connectivity index (χ2n) is 7.41. The van der Waals surface area contributed by atoms with Crippen LogP contribution in [0.3, 0.4) is 0 Å². The molecule has 1 aromatic rings. The van der Waals surface area contributed by atoms with Crippen LogP contribution in [0.1, 0.15) is 53.9 Å². The third-order valence-electron chi connectivity index (χ3n) is 4.66. The Morgan fingerprint density at radius 2 is 1.86 bits per heavy atom. The predicted molar refractivity (Wildman–Crippen MR) is 109 cm³/mol. The number of carbonyl (C=O) groups excluding carboxylic acids is 3. The molecular formula is C20H30N2O5S. The zero-order valence-electron chi connectivity index (χ0n) is 17.1. The summed E-state index contributed by atoms with van der Waals surface area (Å²) in [6.45, 7) is 5.41. The van der Waals surface area contributed by atoms with Crippen molar-refractivity contribution < 1.29 is 23.9 Å². The number of anilines is 1. The molecule has 0 aliphatic heterocycles. The predicted octanol–water partition coefficient (Wildman–Crippen LogP) is 2.87. The molecule has 7 nitrogen and oxygen atoms in total. The molecule has 0 spiro atoms. The molecule has 1 aliphatic rings. The summed E-state index contributed by atoms with van der Waals surface area (Å²) in [6, 6.07) is 0. The highest BCUT2D eigenvalue weighted by molar-refractivity contribution is 7.17. The summed E-state index contributed by atoms with van der Waals surface area (Å²) < 4.78 is 9.64. The van der Waals surface area contributed by atoms with E-state index in [-0.39, 0.29) is 24.8 Å². The van der Waals surface area contributed by atoms with Crippen LogP contribution in [0.2, 0.25) is 0 Å². The lowest BCUT2D eigenvalue weighted by molar-refractivity contribution is -0.141. The molecule has 1 amide bonds. The van der Waals surface area contributed by atoms with E-state index in [9.17, 15) is 14.4 Å². The number of hydrogen-bond donors (Lipinski definition) is 1. The van der Waals surface area contributed by atoms with Crippen molar-refractivity contribution in [3.63, 3.8) is 0 Å². The Hall–Kier alpha value is -1.93. The highest BCUT2D eigenvalue weighted by Crippen LogP contribution is 2.38. The van der Waals surface area contributed by atoms with Gasteiger partial charge in [0.2, 0.25) is 5.91 Å². The lowest BCUT2D eigenvalue weighted by atomic mass is 9.95. The van der Waals surface area contributed by atoms with Crippen molar-refractivity contribution in [2.75, 3.05) is 39.2 Å². The molecule has 2 rings (SSSR count). The molecule has 8 heteroatoms. The fourth-order valence-corrected chi connectivity index (χ4v) is 4.74. The number of ether oxygens (including phenoxy) is 2. The van der Waals surface area contributed by atoms with Gasteiger partial charge >= 0.3 is 11.9 Å². The number of fused-ring (bicyclic) bond motifs is 1. The van der Waals surface area contributed by atoms with Crippen LogP contribution in [0.4, 0.5) is 5.00 Å². The Kier molecular flexibility index (Phi) is 8.44. The molecule has 0 radical (unpaired) electrons. The van der Waals surface area contributed by atoms with Crippen LogP contribution in [0.5, 0.6) is 0 Å². The third-order valence-corrected chi connectivity index (χ3v) is 5.87. The Labute approximate surface area is 170 Å². The summed E-state index contributed by atoms with van der Waals surface area (Å²) in [5.41, 5.74) is 1.52. The number of rotatable bonds is 9. The van der Waals surface area contributed by atoms with E-state index in [2.05, 4.69) is 19.2 Å². The van der Waals surface area contributed by atoms with Gasteiger partial charge in [-0.15, -0.1) is 11.3 Å². The summed E-state index contributed by atoms with van der Waals surface area (Å²) in [7, 11) is 2.72. The number of methoxy groups -OCH3 is 2. The lowest BCUT2D eigenvalue weighted by Gasteiger charge is -2.23. The topological polar surface area (TPSA) is 84.9 Å².